The first kappa shape index (κ1) is 23.2. The van der Waals surface area contributed by atoms with Gasteiger partial charge in [-0.1, -0.05) is 66.2 Å². The van der Waals surface area contributed by atoms with E-state index in [1.165, 1.54) is 4.90 Å². The second kappa shape index (κ2) is 9.87. The molecular weight excluding hydrogens is 428 g/mol. The van der Waals surface area contributed by atoms with E-state index in [1.54, 1.807) is 36.3 Å². The number of hydrogen-bond acceptors (Lipinski definition) is 4. The van der Waals surface area contributed by atoms with Gasteiger partial charge in [-0.25, -0.2) is 0 Å². The van der Waals surface area contributed by atoms with Gasteiger partial charge in [-0.3, -0.25) is 14.4 Å². The van der Waals surface area contributed by atoms with Gasteiger partial charge in [-0.15, -0.1) is 0 Å². The highest BCUT2D eigenvalue weighted by Gasteiger charge is 2.47. The summed E-state index contributed by atoms with van der Waals surface area (Å²) < 4.78 is 0. The minimum Gasteiger partial charge on any atom is -0.350 e. The molecule has 2 heterocycles. The lowest BCUT2D eigenvalue weighted by molar-refractivity contribution is -0.146. The summed E-state index contributed by atoms with van der Waals surface area (Å²) >= 11 is 0. The van der Waals surface area contributed by atoms with E-state index in [4.69, 9.17) is 0 Å². The molecule has 34 heavy (non-hydrogen) atoms. The van der Waals surface area contributed by atoms with Crippen molar-refractivity contribution >= 4 is 23.6 Å². The number of nitrogens with one attached hydrogen (secondary N) is 1. The van der Waals surface area contributed by atoms with Crippen molar-refractivity contribution in [1.29, 1.82) is 0 Å². The maximum atomic E-state index is 13.9. The molecule has 0 bridgehead atoms. The lowest BCUT2D eigenvalue weighted by Crippen LogP contribution is -2.61. The second-order valence-electron chi connectivity index (χ2n) is 8.79. The number of amides is 3. The third kappa shape index (κ3) is 5.14. The first-order valence-electron chi connectivity index (χ1n) is 11.3. The summed E-state index contributed by atoms with van der Waals surface area (Å²) in [5.41, 5.74) is 1.85. The molecule has 7 nitrogen and oxygen atoms in total. The third-order valence-electron chi connectivity index (χ3n) is 6.01. The minimum atomic E-state index is -1.18. The van der Waals surface area contributed by atoms with Crippen LogP contribution in [0.2, 0.25) is 0 Å². The molecule has 0 saturated heterocycles. The molecule has 2 aliphatic heterocycles. The van der Waals surface area contributed by atoms with E-state index in [0.29, 0.717) is 12.4 Å². The largest absolute Gasteiger partial charge is 0.350 e. The van der Waals surface area contributed by atoms with Crippen molar-refractivity contribution in [3.05, 3.63) is 95.7 Å². The molecule has 0 unspecified atom stereocenters. The van der Waals surface area contributed by atoms with Gasteiger partial charge in [-0.05, 0) is 37.1 Å². The summed E-state index contributed by atoms with van der Waals surface area (Å²) in [6.07, 6.45) is 6.97. The van der Waals surface area contributed by atoms with Gasteiger partial charge in [-0.2, -0.15) is 4.99 Å². The fraction of sp³-hybridized carbons (Fsp3) is 0.259. The van der Waals surface area contributed by atoms with E-state index in [2.05, 4.69) is 10.3 Å². The number of carbonyl (C=O) groups excluding carboxylic acids is 3. The van der Waals surface area contributed by atoms with Crippen LogP contribution in [0.3, 0.4) is 0 Å². The Kier molecular flexibility index (Phi) is 6.72. The van der Waals surface area contributed by atoms with Crippen LogP contribution in [-0.4, -0.2) is 45.4 Å². The molecule has 0 saturated carbocycles. The fourth-order valence-electron chi connectivity index (χ4n) is 4.15. The maximum absolute atomic E-state index is 13.9. The van der Waals surface area contributed by atoms with Gasteiger partial charge in [0.05, 0.1) is 13.0 Å². The first-order chi connectivity index (χ1) is 16.3. The van der Waals surface area contributed by atoms with Crippen LogP contribution in [-0.2, 0) is 27.5 Å². The number of benzene rings is 2. The molecule has 2 aliphatic rings. The average Bonchev–Trinajstić information content (AvgIpc) is 2.83. The molecule has 0 radical (unpaired) electrons. The Balaban J connectivity index is 1.54. The molecule has 174 valence electrons. The van der Waals surface area contributed by atoms with Crippen molar-refractivity contribution in [2.75, 3.05) is 6.54 Å². The predicted octanol–water partition coefficient (Wildman–Crippen LogP) is 3.11. The van der Waals surface area contributed by atoms with Gasteiger partial charge in [0.1, 0.15) is 11.4 Å². The molecular formula is C27H28N4O3. The van der Waals surface area contributed by atoms with Crippen molar-refractivity contribution in [3.63, 3.8) is 0 Å². The van der Waals surface area contributed by atoms with E-state index in [0.717, 1.165) is 16.7 Å². The van der Waals surface area contributed by atoms with Crippen molar-refractivity contribution in [3.8, 4) is 0 Å². The average molecular weight is 457 g/mol. The van der Waals surface area contributed by atoms with Crippen LogP contribution in [0.1, 0.15) is 30.0 Å². The molecule has 7 heteroatoms. The number of carbonyl (C=O) groups is 3. The van der Waals surface area contributed by atoms with Gasteiger partial charge in [0, 0.05) is 19.3 Å². The molecule has 2 aromatic carbocycles. The highest BCUT2D eigenvalue weighted by Crippen LogP contribution is 2.30. The summed E-state index contributed by atoms with van der Waals surface area (Å²) in [5, 5.41) is 2.91. The van der Waals surface area contributed by atoms with E-state index in [-0.39, 0.29) is 37.2 Å². The molecule has 1 N–H and O–H groups in total. The Morgan fingerprint density at radius 3 is 2.53 bits per heavy atom. The van der Waals surface area contributed by atoms with Gasteiger partial charge >= 0.3 is 0 Å². The molecule has 0 spiro atoms. The van der Waals surface area contributed by atoms with Crippen LogP contribution in [0.15, 0.2) is 84.0 Å². The summed E-state index contributed by atoms with van der Waals surface area (Å²) in [4.78, 5) is 46.5. The van der Waals surface area contributed by atoms with Crippen molar-refractivity contribution in [2.45, 2.75) is 38.9 Å². The summed E-state index contributed by atoms with van der Waals surface area (Å²) in [6, 6.07) is 17.4. The van der Waals surface area contributed by atoms with Gasteiger partial charge in [0.25, 0.3) is 5.91 Å². The van der Waals surface area contributed by atoms with Crippen LogP contribution in [0.4, 0.5) is 0 Å². The minimum absolute atomic E-state index is 0.0657. The van der Waals surface area contributed by atoms with Gasteiger partial charge in [0.2, 0.25) is 11.8 Å². The Morgan fingerprint density at radius 1 is 1.06 bits per heavy atom. The monoisotopic (exact) mass is 456 g/mol. The molecule has 3 amide bonds. The van der Waals surface area contributed by atoms with Crippen molar-refractivity contribution in [1.82, 2.24) is 15.1 Å². The highest BCUT2D eigenvalue weighted by atomic mass is 16.2. The summed E-state index contributed by atoms with van der Waals surface area (Å²) in [6.45, 7) is 4.24. The number of amidine groups is 1. The number of allylic oxidation sites excluding steroid dienone is 2. The van der Waals surface area contributed by atoms with E-state index in [1.807, 2.05) is 61.5 Å². The smallest absolute Gasteiger partial charge is 0.250 e. The van der Waals surface area contributed by atoms with Crippen LogP contribution in [0, 0.1) is 6.92 Å². The summed E-state index contributed by atoms with van der Waals surface area (Å²) in [5.74, 6) is -0.496. The van der Waals surface area contributed by atoms with Crippen LogP contribution < -0.4 is 5.32 Å². The Labute approximate surface area is 199 Å². The van der Waals surface area contributed by atoms with Crippen LogP contribution in [0.25, 0.3) is 0 Å². The molecule has 0 fully saturated rings. The SMILES string of the molecule is Cc1ccc(CNC(=O)CN(Cc2ccccc2)C(=O)[C@]2(C)CC(=O)N=C3C=CC=CN32)cc1. The zero-order valence-electron chi connectivity index (χ0n) is 19.4. The molecule has 0 aliphatic carbocycles. The Bertz CT molecular complexity index is 1170. The Morgan fingerprint density at radius 2 is 1.79 bits per heavy atom. The topological polar surface area (TPSA) is 82.1 Å². The molecule has 2 aromatic rings. The zero-order valence-corrected chi connectivity index (χ0v) is 19.4. The van der Waals surface area contributed by atoms with E-state index < -0.39 is 5.54 Å². The lowest BCUT2D eigenvalue weighted by Gasteiger charge is -2.44. The Hall–Kier alpha value is -4.00. The quantitative estimate of drug-likeness (QED) is 0.694. The van der Waals surface area contributed by atoms with Crippen LogP contribution in [0.5, 0.6) is 0 Å². The third-order valence-corrected chi connectivity index (χ3v) is 6.01. The zero-order chi connectivity index (χ0) is 24.1. The van der Waals surface area contributed by atoms with Crippen molar-refractivity contribution in [2.24, 2.45) is 4.99 Å². The number of nitrogens with zero attached hydrogens (tertiary/aromatic N) is 3. The number of aliphatic imine (C=N–C) groups is 1. The maximum Gasteiger partial charge on any atom is 0.250 e. The molecule has 0 aromatic heterocycles. The first-order valence-corrected chi connectivity index (χ1v) is 11.3. The number of fused-ring (bicyclic) bond motifs is 1. The predicted molar refractivity (Wildman–Crippen MR) is 130 cm³/mol. The standard InChI is InChI=1S/C27H28N4O3/c1-20-11-13-21(14-12-20)17-28-25(33)19-30(18-22-8-4-3-5-9-22)26(34)27(2)16-24(32)29-23-10-6-7-15-31(23)27/h3-15H,16-19H2,1-2H3,(H,28,33)/t27-/m0/s1. The molecule has 4 rings (SSSR count). The highest BCUT2D eigenvalue weighted by molar-refractivity contribution is 6.09. The van der Waals surface area contributed by atoms with E-state index in [9.17, 15) is 14.4 Å². The second-order valence-corrected chi connectivity index (χ2v) is 8.79. The van der Waals surface area contributed by atoms with Gasteiger partial charge < -0.3 is 15.1 Å². The lowest BCUT2D eigenvalue weighted by atomic mass is 9.90. The normalized spacial score (nSPS) is 18.8. The summed E-state index contributed by atoms with van der Waals surface area (Å²) in [7, 11) is 0. The van der Waals surface area contributed by atoms with Crippen LogP contribution >= 0.6 is 0 Å². The fourth-order valence-corrected chi connectivity index (χ4v) is 4.15. The number of aryl methyl sites for hydroxylation is 1. The van der Waals surface area contributed by atoms with Crippen molar-refractivity contribution < 1.29 is 14.4 Å². The van der Waals surface area contributed by atoms with E-state index >= 15 is 0 Å². The molecule has 1 atom stereocenters. The number of rotatable bonds is 7. The van der Waals surface area contributed by atoms with Gasteiger partial charge in [0.15, 0.2) is 0 Å². The number of hydrogen-bond donors (Lipinski definition) is 1.